The van der Waals surface area contributed by atoms with Crippen molar-refractivity contribution in [1.82, 2.24) is 0 Å². The van der Waals surface area contributed by atoms with E-state index in [9.17, 15) is 18.3 Å². The predicted octanol–water partition coefficient (Wildman–Crippen LogP) is 3.55. The van der Waals surface area contributed by atoms with Crippen LogP contribution in [0.3, 0.4) is 0 Å². The minimum Gasteiger partial charge on any atom is -0.480 e. The Morgan fingerprint density at radius 1 is 1.19 bits per heavy atom. The lowest BCUT2D eigenvalue weighted by atomic mass is 9.51. The fraction of sp³-hybridized carbons (Fsp3) is 0.500. The van der Waals surface area contributed by atoms with Crippen molar-refractivity contribution in [3.63, 3.8) is 0 Å². The van der Waals surface area contributed by atoms with Crippen LogP contribution >= 0.6 is 23.2 Å². The molecule has 0 aromatic heterocycles. The van der Waals surface area contributed by atoms with Gasteiger partial charge in [0.2, 0.25) is 0 Å². The molecule has 114 valence electrons. The smallest absolute Gasteiger partial charge is 0.325 e. The molecule has 0 amide bonds. The highest BCUT2D eigenvalue weighted by Gasteiger charge is 2.68. The summed E-state index contributed by atoms with van der Waals surface area (Å²) in [5, 5.41) is 9.77. The molecule has 0 heterocycles. The highest BCUT2D eigenvalue weighted by Crippen LogP contribution is 2.64. The second-order valence-electron chi connectivity index (χ2n) is 6.08. The second-order valence-corrected chi connectivity index (χ2v) is 9.16. The van der Waals surface area contributed by atoms with E-state index in [-0.39, 0.29) is 33.2 Å². The van der Waals surface area contributed by atoms with Crippen LogP contribution in [0.15, 0.2) is 23.1 Å². The van der Waals surface area contributed by atoms with Crippen LogP contribution in [-0.2, 0) is 14.6 Å². The largest absolute Gasteiger partial charge is 0.480 e. The van der Waals surface area contributed by atoms with Crippen molar-refractivity contribution in [3.05, 3.63) is 28.2 Å². The topological polar surface area (TPSA) is 71.4 Å². The minimum absolute atomic E-state index is 0.00887. The Labute approximate surface area is 133 Å². The molecular weight excluding hydrogens is 335 g/mol. The highest BCUT2D eigenvalue weighted by molar-refractivity contribution is 7.93. The van der Waals surface area contributed by atoms with Gasteiger partial charge in [0.15, 0.2) is 14.6 Å². The van der Waals surface area contributed by atoms with E-state index >= 15 is 0 Å². The van der Waals surface area contributed by atoms with Gasteiger partial charge in [-0.3, -0.25) is 4.79 Å². The number of aliphatic carboxylic acids is 1. The predicted molar refractivity (Wildman–Crippen MR) is 79.5 cm³/mol. The number of carboxylic acids is 1. The summed E-state index contributed by atoms with van der Waals surface area (Å²) in [5.74, 6) is -1.30. The van der Waals surface area contributed by atoms with Crippen LogP contribution in [-0.4, -0.2) is 24.2 Å². The average Bonchev–Trinajstić information content (AvgIpc) is 2.28. The quantitative estimate of drug-likeness (QED) is 0.906. The van der Waals surface area contributed by atoms with E-state index in [0.717, 1.165) is 19.3 Å². The molecule has 0 aliphatic heterocycles. The number of rotatable bonds is 3. The van der Waals surface area contributed by atoms with Gasteiger partial charge in [0, 0.05) is 5.02 Å². The number of sulfone groups is 1. The molecule has 2 aliphatic rings. The second kappa shape index (κ2) is 4.61. The zero-order valence-electron chi connectivity index (χ0n) is 11.1. The van der Waals surface area contributed by atoms with Gasteiger partial charge < -0.3 is 5.11 Å². The molecule has 4 nitrogen and oxygen atoms in total. The summed E-state index contributed by atoms with van der Waals surface area (Å²) in [4.78, 5) is 11.5. The zero-order chi connectivity index (χ0) is 15.5. The Morgan fingerprint density at radius 3 is 2.29 bits per heavy atom. The molecule has 3 rings (SSSR count). The van der Waals surface area contributed by atoms with Crippen LogP contribution in [0.2, 0.25) is 10.0 Å². The molecule has 0 unspecified atom stereocenters. The van der Waals surface area contributed by atoms with E-state index in [2.05, 4.69) is 0 Å². The van der Waals surface area contributed by atoms with Crippen LogP contribution in [0, 0.1) is 5.41 Å². The fourth-order valence-electron chi connectivity index (χ4n) is 3.54. The van der Waals surface area contributed by atoms with Crippen molar-refractivity contribution in [1.29, 1.82) is 0 Å². The number of carbonyl (C=O) groups is 1. The normalized spacial score (nSPS) is 22.4. The summed E-state index contributed by atoms with van der Waals surface area (Å²) in [6.45, 7) is 0. The molecule has 0 bridgehead atoms. The van der Waals surface area contributed by atoms with Crippen molar-refractivity contribution in [2.24, 2.45) is 5.41 Å². The molecule has 0 radical (unpaired) electrons. The lowest BCUT2D eigenvalue weighted by Gasteiger charge is -2.58. The summed E-state index contributed by atoms with van der Waals surface area (Å²) in [7, 11) is -4.08. The minimum atomic E-state index is -4.08. The Kier molecular flexibility index (Phi) is 3.32. The van der Waals surface area contributed by atoms with Crippen molar-refractivity contribution in [2.75, 3.05) is 0 Å². The highest BCUT2D eigenvalue weighted by atomic mass is 35.5. The third kappa shape index (κ3) is 2.01. The monoisotopic (exact) mass is 348 g/mol. The first-order chi connectivity index (χ1) is 9.72. The summed E-state index contributed by atoms with van der Waals surface area (Å²) >= 11 is 11.8. The summed E-state index contributed by atoms with van der Waals surface area (Å²) < 4.78 is 23.9. The van der Waals surface area contributed by atoms with Crippen LogP contribution < -0.4 is 0 Å². The van der Waals surface area contributed by atoms with Gasteiger partial charge in [0.25, 0.3) is 0 Å². The molecule has 1 spiro atoms. The molecule has 21 heavy (non-hydrogen) atoms. The summed E-state index contributed by atoms with van der Waals surface area (Å²) in [6.07, 6.45) is 3.18. The maximum Gasteiger partial charge on any atom is 0.325 e. The maximum absolute atomic E-state index is 12.9. The van der Waals surface area contributed by atoms with Gasteiger partial charge in [0.05, 0.1) is 9.92 Å². The Bertz CT molecular complexity index is 714. The maximum atomic E-state index is 12.9. The number of hydrogen-bond donors (Lipinski definition) is 1. The van der Waals surface area contributed by atoms with Gasteiger partial charge in [0.1, 0.15) is 0 Å². The first kappa shape index (κ1) is 15.1. The zero-order valence-corrected chi connectivity index (χ0v) is 13.4. The Balaban J connectivity index is 2.07. The molecule has 2 fully saturated rings. The van der Waals surface area contributed by atoms with Crippen molar-refractivity contribution < 1.29 is 18.3 Å². The summed E-state index contributed by atoms with van der Waals surface area (Å²) in [6, 6.07) is 4.09. The van der Waals surface area contributed by atoms with E-state index in [1.54, 1.807) is 0 Å². The molecule has 2 saturated carbocycles. The molecule has 0 saturated heterocycles. The number of hydrogen-bond acceptors (Lipinski definition) is 3. The molecule has 7 heteroatoms. The van der Waals surface area contributed by atoms with Gasteiger partial charge in [-0.2, -0.15) is 0 Å². The van der Waals surface area contributed by atoms with E-state index in [1.807, 2.05) is 0 Å². The van der Waals surface area contributed by atoms with E-state index in [4.69, 9.17) is 23.2 Å². The SMILES string of the molecule is O=C(O)C1(S(=O)(=O)c2cc(Cl)ccc2Cl)CC2(CCC2)C1. The molecule has 0 atom stereocenters. The van der Waals surface area contributed by atoms with Gasteiger partial charge in [-0.15, -0.1) is 0 Å². The number of benzene rings is 1. The van der Waals surface area contributed by atoms with Crippen molar-refractivity contribution >= 4 is 39.0 Å². The van der Waals surface area contributed by atoms with Gasteiger partial charge in [-0.1, -0.05) is 29.6 Å². The molecule has 2 aliphatic carbocycles. The van der Waals surface area contributed by atoms with Gasteiger partial charge >= 0.3 is 5.97 Å². The summed E-state index contributed by atoms with van der Waals surface area (Å²) in [5.41, 5.74) is -0.101. The van der Waals surface area contributed by atoms with Crippen LogP contribution in [0.25, 0.3) is 0 Å². The van der Waals surface area contributed by atoms with Crippen LogP contribution in [0.5, 0.6) is 0 Å². The molecular formula is C14H14Cl2O4S. The van der Waals surface area contributed by atoms with Crippen molar-refractivity contribution in [2.45, 2.75) is 41.7 Å². The molecule has 1 aromatic rings. The lowest BCUT2D eigenvalue weighted by Crippen LogP contribution is -2.63. The Hall–Kier alpha value is -0.780. The third-order valence-corrected chi connectivity index (χ3v) is 7.91. The lowest BCUT2D eigenvalue weighted by molar-refractivity contribution is -0.150. The van der Waals surface area contributed by atoms with Crippen LogP contribution in [0.1, 0.15) is 32.1 Å². The van der Waals surface area contributed by atoms with Crippen LogP contribution in [0.4, 0.5) is 0 Å². The first-order valence-electron chi connectivity index (χ1n) is 6.66. The van der Waals surface area contributed by atoms with Gasteiger partial charge in [-0.05, 0) is 49.3 Å². The van der Waals surface area contributed by atoms with E-state index in [1.165, 1.54) is 18.2 Å². The van der Waals surface area contributed by atoms with Gasteiger partial charge in [-0.25, -0.2) is 8.42 Å². The molecule has 1 aromatic carbocycles. The first-order valence-corrected chi connectivity index (χ1v) is 8.90. The van der Waals surface area contributed by atoms with Crippen molar-refractivity contribution in [3.8, 4) is 0 Å². The average molecular weight is 349 g/mol. The van der Waals surface area contributed by atoms with E-state index in [0.29, 0.717) is 0 Å². The standard InChI is InChI=1S/C14H14Cl2O4S/c15-9-2-3-10(16)11(6-9)21(19,20)14(12(17)18)7-13(8-14)4-1-5-13/h2-3,6H,1,4-5,7-8H2,(H,17,18). The number of carboxylic acid groups (broad SMARTS) is 1. The fourth-order valence-corrected chi connectivity index (χ4v) is 6.45. The Morgan fingerprint density at radius 2 is 1.81 bits per heavy atom. The third-order valence-electron chi connectivity index (χ3n) is 4.82. The number of halogens is 2. The molecule has 1 N–H and O–H groups in total. The van der Waals surface area contributed by atoms with E-state index < -0.39 is 20.6 Å².